The third kappa shape index (κ3) is 7.75. The van der Waals surface area contributed by atoms with Gasteiger partial charge in [-0.25, -0.2) is 9.59 Å². The lowest BCUT2D eigenvalue weighted by molar-refractivity contribution is 0.0437. The lowest BCUT2D eigenvalue weighted by Crippen LogP contribution is -2.30. The summed E-state index contributed by atoms with van der Waals surface area (Å²) >= 11 is 0. The molecule has 0 heterocycles. The first-order chi connectivity index (χ1) is 11.5. The molecule has 0 bridgehead atoms. The van der Waals surface area contributed by atoms with Crippen LogP contribution in [0.3, 0.4) is 0 Å². The van der Waals surface area contributed by atoms with E-state index in [0.717, 1.165) is 25.9 Å². The van der Waals surface area contributed by atoms with Gasteiger partial charge < -0.3 is 15.2 Å². The highest BCUT2D eigenvalue weighted by molar-refractivity contribution is 6.03. The molecule has 1 aromatic rings. The molecule has 0 spiro atoms. The van der Waals surface area contributed by atoms with Crippen molar-refractivity contribution in [3.05, 3.63) is 29.3 Å². The number of halogens is 1. The zero-order chi connectivity index (χ0) is 17.9. The molecule has 1 aromatic carbocycles. The summed E-state index contributed by atoms with van der Waals surface area (Å²) in [4.78, 5) is 26.5. The maximum Gasteiger partial charge on any atom is 0.339 e. The first-order valence-electron chi connectivity index (χ1n) is 8.49. The zero-order valence-electron chi connectivity index (χ0n) is 15.2. The molecule has 0 unspecified atom stereocenters. The molecule has 0 aliphatic rings. The van der Waals surface area contributed by atoms with Crippen molar-refractivity contribution in [2.75, 3.05) is 38.6 Å². The van der Waals surface area contributed by atoms with E-state index in [0.29, 0.717) is 12.2 Å². The Kier molecular flexibility index (Phi) is 11.7. The predicted molar refractivity (Wildman–Crippen MR) is 101 cm³/mol. The van der Waals surface area contributed by atoms with E-state index in [4.69, 9.17) is 15.2 Å². The van der Waals surface area contributed by atoms with Crippen molar-refractivity contribution in [1.82, 2.24) is 4.90 Å². The van der Waals surface area contributed by atoms with Gasteiger partial charge in [0.2, 0.25) is 0 Å². The molecule has 7 heteroatoms. The Hall–Kier alpha value is -1.79. The van der Waals surface area contributed by atoms with E-state index in [9.17, 15) is 9.59 Å². The van der Waals surface area contributed by atoms with Crippen LogP contribution in [0.25, 0.3) is 0 Å². The second-order valence-electron chi connectivity index (χ2n) is 5.50. The predicted octanol–water partition coefficient (Wildman–Crippen LogP) is 3.15. The normalized spacial score (nSPS) is 10.2. The van der Waals surface area contributed by atoms with Crippen molar-refractivity contribution in [3.63, 3.8) is 0 Å². The fraction of sp³-hybridized carbons (Fsp3) is 0.556. The van der Waals surface area contributed by atoms with Crippen molar-refractivity contribution in [3.8, 4) is 0 Å². The number of carbonyl (C=O) groups is 2. The standard InChI is InChI=1S/C18H28N2O4.ClH/c1-4-9-20(10-5-2)11-12-24-18(22)16-13-14(19)7-8-15(16)17(21)23-6-3;/h7-8,13H,4-6,9-12,19H2,1-3H3;1H. The van der Waals surface area contributed by atoms with E-state index in [-0.39, 0.29) is 36.7 Å². The topological polar surface area (TPSA) is 81.9 Å². The van der Waals surface area contributed by atoms with Crippen LogP contribution in [0.1, 0.15) is 54.3 Å². The van der Waals surface area contributed by atoms with Crippen LogP contribution in [0.15, 0.2) is 18.2 Å². The molecule has 0 aromatic heterocycles. The van der Waals surface area contributed by atoms with Crippen LogP contribution >= 0.6 is 12.4 Å². The summed E-state index contributed by atoms with van der Waals surface area (Å²) < 4.78 is 10.3. The Morgan fingerprint density at radius 2 is 1.56 bits per heavy atom. The number of nitrogens with zero attached hydrogens (tertiary/aromatic N) is 1. The molecule has 6 nitrogen and oxygen atoms in total. The van der Waals surface area contributed by atoms with Crippen LogP contribution in [-0.4, -0.2) is 49.7 Å². The summed E-state index contributed by atoms with van der Waals surface area (Å²) in [7, 11) is 0. The van der Waals surface area contributed by atoms with Gasteiger partial charge >= 0.3 is 11.9 Å². The average molecular weight is 373 g/mol. The van der Waals surface area contributed by atoms with Crippen molar-refractivity contribution < 1.29 is 19.1 Å². The lowest BCUT2D eigenvalue weighted by Gasteiger charge is -2.20. The summed E-state index contributed by atoms with van der Waals surface area (Å²) in [6.07, 6.45) is 2.10. The number of carbonyl (C=O) groups excluding carboxylic acids is 2. The lowest BCUT2D eigenvalue weighted by atomic mass is 10.1. The Bertz CT molecular complexity index is 546. The quantitative estimate of drug-likeness (QED) is 0.502. The summed E-state index contributed by atoms with van der Waals surface area (Å²) in [5.41, 5.74) is 6.44. The molecule has 0 fully saturated rings. The fourth-order valence-electron chi connectivity index (χ4n) is 2.43. The third-order valence-electron chi connectivity index (χ3n) is 3.48. The number of hydrogen-bond acceptors (Lipinski definition) is 6. The molecule has 0 saturated carbocycles. The molecule has 142 valence electrons. The third-order valence-corrected chi connectivity index (χ3v) is 3.48. The van der Waals surface area contributed by atoms with E-state index in [1.807, 2.05) is 0 Å². The number of nitrogen functional groups attached to an aromatic ring is 1. The van der Waals surface area contributed by atoms with Crippen molar-refractivity contribution >= 4 is 30.0 Å². The minimum absolute atomic E-state index is 0. The largest absolute Gasteiger partial charge is 0.462 e. The van der Waals surface area contributed by atoms with E-state index >= 15 is 0 Å². The van der Waals surface area contributed by atoms with Crippen LogP contribution in [0.2, 0.25) is 0 Å². The first kappa shape index (κ1) is 23.2. The van der Waals surface area contributed by atoms with Crippen LogP contribution in [-0.2, 0) is 9.47 Å². The van der Waals surface area contributed by atoms with E-state index in [2.05, 4.69) is 18.7 Å². The number of nitrogens with two attached hydrogens (primary N) is 1. The summed E-state index contributed by atoms with van der Waals surface area (Å²) in [5.74, 6) is -1.11. The van der Waals surface area contributed by atoms with Gasteiger partial charge in [-0.1, -0.05) is 13.8 Å². The molecule has 1 rings (SSSR count). The summed E-state index contributed by atoms with van der Waals surface area (Å²) in [5, 5.41) is 0. The van der Waals surface area contributed by atoms with Gasteiger partial charge in [0.1, 0.15) is 6.61 Å². The average Bonchev–Trinajstić information content (AvgIpc) is 2.55. The molecular weight excluding hydrogens is 344 g/mol. The summed E-state index contributed by atoms with van der Waals surface area (Å²) in [6, 6.07) is 4.50. The second-order valence-corrected chi connectivity index (χ2v) is 5.50. The smallest absolute Gasteiger partial charge is 0.339 e. The molecule has 25 heavy (non-hydrogen) atoms. The van der Waals surface area contributed by atoms with Gasteiger partial charge in [-0.15, -0.1) is 12.4 Å². The molecule has 0 radical (unpaired) electrons. The molecule has 0 aliphatic carbocycles. The second kappa shape index (κ2) is 12.6. The minimum Gasteiger partial charge on any atom is -0.462 e. The molecular formula is C18H29ClN2O4. The van der Waals surface area contributed by atoms with E-state index < -0.39 is 11.9 Å². The molecule has 2 N–H and O–H groups in total. The van der Waals surface area contributed by atoms with E-state index in [1.165, 1.54) is 12.1 Å². The maximum absolute atomic E-state index is 12.3. The number of esters is 2. The van der Waals surface area contributed by atoms with E-state index in [1.54, 1.807) is 13.0 Å². The highest BCUT2D eigenvalue weighted by atomic mass is 35.5. The SMILES string of the molecule is CCCN(CCC)CCOC(=O)c1cc(N)ccc1C(=O)OCC.Cl. The Labute approximate surface area is 156 Å². The van der Waals surface area contributed by atoms with Crippen molar-refractivity contribution in [2.45, 2.75) is 33.6 Å². The number of anilines is 1. The summed E-state index contributed by atoms with van der Waals surface area (Å²) in [6.45, 7) is 9.07. The first-order valence-corrected chi connectivity index (χ1v) is 8.49. The van der Waals surface area contributed by atoms with Crippen molar-refractivity contribution in [1.29, 1.82) is 0 Å². The number of ether oxygens (including phenoxy) is 2. The van der Waals surface area contributed by atoms with Gasteiger partial charge in [0, 0.05) is 12.2 Å². The minimum atomic E-state index is -0.557. The van der Waals surface area contributed by atoms with Gasteiger partial charge in [0.15, 0.2) is 0 Å². The monoisotopic (exact) mass is 372 g/mol. The van der Waals surface area contributed by atoms with Gasteiger partial charge in [-0.3, -0.25) is 4.90 Å². The molecule has 0 atom stereocenters. The van der Waals surface area contributed by atoms with Crippen LogP contribution in [0.5, 0.6) is 0 Å². The van der Waals surface area contributed by atoms with Gasteiger partial charge in [0.25, 0.3) is 0 Å². The fourth-order valence-corrected chi connectivity index (χ4v) is 2.43. The highest BCUT2D eigenvalue weighted by Crippen LogP contribution is 2.16. The van der Waals surface area contributed by atoms with Crippen LogP contribution < -0.4 is 5.73 Å². The maximum atomic E-state index is 12.3. The number of hydrogen-bond donors (Lipinski definition) is 1. The van der Waals surface area contributed by atoms with Gasteiger partial charge in [-0.05, 0) is 51.1 Å². The molecule has 0 aliphatic heterocycles. The van der Waals surface area contributed by atoms with Gasteiger partial charge in [0.05, 0.1) is 17.7 Å². The van der Waals surface area contributed by atoms with Crippen molar-refractivity contribution in [2.24, 2.45) is 0 Å². The Morgan fingerprint density at radius 1 is 0.960 bits per heavy atom. The number of rotatable bonds is 10. The Morgan fingerprint density at radius 3 is 2.12 bits per heavy atom. The molecule has 0 amide bonds. The Balaban J connectivity index is 0.00000576. The highest BCUT2D eigenvalue weighted by Gasteiger charge is 2.20. The molecule has 0 saturated heterocycles. The number of benzene rings is 1. The van der Waals surface area contributed by atoms with Gasteiger partial charge in [-0.2, -0.15) is 0 Å². The van der Waals surface area contributed by atoms with Crippen LogP contribution in [0, 0.1) is 0 Å². The van der Waals surface area contributed by atoms with Crippen LogP contribution in [0.4, 0.5) is 5.69 Å². The zero-order valence-corrected chi connectivity index (χ0v) is 16.1.